The van der Waals surface area contributed by atoms with Crippen LogP contribution in [-0.4, -0.2) is 35.0 Å². The Morgan fingerprint density at radius 2 is 1.85 bits per heavy atom. The van der Waals surface area contributed by atoms with E-state index in [0.717, 1.165) is 31.5 Å². The van der Waals surface area contributed by atoms with E-state index >= 15 is 0 Å². The molecule has 108 valence electrons. The molecular formula is C15H20N2O2S. The van der Waals surface area contributed by atoms with E-state index in [4.69, 9.17) is 22.7 Å². The van der Waals surface area contributed by atoms with Gasteiger partial charge in [-0.05, 0) is 50.5 Å². The molecule has 2 N–H and O–H groups in total. The number of nitrogens with zero attached hydrogens (tertiary/aromatic N) is 1. The Kier molecular flexibility index (Phi) is 4.95. The quantitative estimate of drug-likeness (QED) is 0.864. The average molecular weight is 292 g/mol. The largest absolute Gasteiger partial charge is 0.481 e. The van der Waals surface area contributed by atoms with Gasteiger partial charge in [0.05, 0.1) is 0 Å². The standard InChI is InChI=1S/C15H20N2O2S/c1-11(15(18)17-9-3-2-4-10-17)19-13-7-5-12(6-8-13)14(16)20/h5-8,11H,2-4,9-10H2,1H3,(H2,16,20). The lowest BCUT2D eigenvalue weighted by Crippen LogP contribution is -2.43. The molecular weight excluding hydrogens is 272 g/mol. The molecule has 1 aliphatic heterocycles. The zero-order chi connectivity index (χ0) is 14.5. The molecule has 1 atom stereocenters. The van der Waals surface area contributed by atoms with Crippen LogP contribution in [0.15, 0.2) is 24.3 Å². The first kappa shape index (κ1) is 14.8. The van der Waals surface area contributed by atoms with Gasteiger partial charge >= 0.3 is 0 Å². The average Bonchev–Trinajstić information content (AvgIpc) is 2.48. The van der Waals surface area contributed by atoms with Crippen molar-refractivity contribution in [3.63, 3.8) is 0 Å². The number of amides is 1. The Morgan fingerprint density at radius 1 is 1.25 bits per heavy atom. The smallest absolute Gasteiger partial charge is 0.263 e. The Labute approximate surface area is 124 Å². The summed E-state index contributed by atoms with van der Waals surface area (Å²) in [6.07, 6.45) is 2.91. The van der Waals surface area contributed by atoms with Gasteiger partial charge in [0.1, 0.15) is 10.7 Å². The normalized spacial score (nSPS) is 16.6. The number of hydrogen-bond donors (Lipinski definition) is 1. The van der Waals surface area contributed by atoms with Crippen LogP contribution in [0.4, 0.5) is 0 Å². The molecule has 1 fully saturated rings. The van der Waals surface area contributed by atoms with Crippen molar-refractivity contribution >= 4 is 23.1 Å². The monoisotopic (exact) mass is 292 g/mol. The van der Waals surface area contributed by atoms with Crippen molar-refractivity contribution in [1.82, 2.24) is 4.90 Å². The van der Waals surface area contributed by atoms with E-state index in [9.17, 15) is 4.79 Å². The lowest BCUT2D eigenvalue weighted by atomic mass is 10.1. The Morgan fingerprint density at radius 3 is 2.40 bits per heavy atom. The molecule has 0 bridgehead atoms. The number of ether oxygens (including phenoxy) is 1. The molecule has 0 aromatic heterocycles. The molecule has 1 saturated heterocycles. The zero-order valence-electron chi connectivity index (χ0n) is 11.7. The summed E-state index contributed by atoms with van der Waals surface area (Å²) in [5.41, 5.74) is 6.33. The fourth-order valence-corrected chi connectivity index (χ4v) is 2.46. The summed E-state index contributed by atoms with van der Waals surface area (Å²) in [4.78, 5) is 14.5. The molecule has 0 aliphatic carbocycles. The molecule has 0 saturated carbocycles. The van der Waals surface area contributed by atoms with Gasteiger partial charge in [-0.1, -0.05) is 12.2 Å². The van der Waals surface area contributed by atoms with Crippen LogP contribution in [0.25, 0.3) is 0 Å². The van der Waals surface area contributed by atoms with Gasteiger partial charge in [0.25, 0.3) is 5.91 Å². The minimum Gasteiger partial charge on any atom is -0.481 e. The highest BCUT2D eigenvalue weighted by Gasteiger charge is 2.23. The minimum absolute atomic E-state index is 0.0584. The van der Waals surface area contributed by atoms with Crippen molar-refractivity contribution < 1.29 is 9.53 Å². The summed E-state index contributed by atoms with van der Waals surface area (Å²) in [6.45, 7) is 3.47. The number of carbonyl (C=O) groups excluding carboxylic acids is 1. The number of thiocarbonyl (C=S) groups is 1. The van der Waals surface area contributed by atoms with Crippen LogP contribution in [-0.2, 0) is 4.79 Å². The first-order chi connectivity index (χ1) is 9.58. The minimum atomic E-state index is -0.469. The van der Waals surface area contributed by atoms with E-state index < -0.39 is 6.10 Å². The van der Waals surface area contributed by atoms with Gasteiger partial charge in [0, 0.05) is 18.7 Å². The SMILES string of the molecule is CC(Oc1ccc(C(N)=S)cc1)C(=O)N1CCCCC1. The van der Waals surface area contributed by atoms with Crippen LogP contribution >= 0.6 is 12.2 Å². The number of carbonyl (C=O) groups is 1. The third-order valence-electron chi connectivity index (χ3n) is 3.47. The van der Waals surface area contributed by atoms with Crippen molar-refractivity contribution in [2.75, 3.05) is 13.1 Å². The van der Waals surface area contributed by atoms with E-state index in [1.54, 1.807) is 31.2 Å². The maximum Gasteiger partial charge on any atom is 0.263 e. The van der Waals surface area contributed by atoms with Crippen LogP contribution in [0.1, 0.15) is 31.7 Å². The summed E-state index contributed by atoms with van der Waals surface area (Å²) < 4.78 is 5.69. The third kappa shape index (κ3) is 3.70. The number of rotatable bonds is 4. The predicted molar refractivity (Wildman–Crippen MR) is 82.9 cm³/mol. The topological polar surface area (TPSA) is 55.6 Å². The summed E-state index contributed by atoms with van der Waals surface area (Å²) >= 11 is 4.90. The molecule has 0 spiro atoms. The first-order valence-electron chi connectivity index (χ1n) is 6.93. The second kappa shape index (κ2) is 6.70. The number of nitrogens with two attached hydrogens (primary N) is 1. The second-order valence-corrected chi connectivity index (χ2v) is 5.47. The molecule has 1 amide bonds. The second-order valence-electron chi connectivity index (χ2n) is 5.03. The highest BCUT2D eigenvalue weighted by molar-refractivity contribution is 7.80. The van der Waals surface area contributed by atoms with Gasteiger partial charge in [-0.3, -0.25) is 4.79 Å². The van der Waals surface area contributed by atoms with E-state index in [1.807, 2.05) is 4.90 Å². The molecule has 1 aromatic rings. The lowest BCUT2D eigenvalue weighted by molar-refractivity contribution is -0.138. The molecule has 1 aromatic carbocycles. The van der Waals surface area contributed by atoms with Gasteiger partial charge in [0.2, 0.25) is 0 Å². The third-order valence-corrected chi connectivity index (χ3v) is 3.70. The van der Waals surface area contributed by atoms with Gasteiger partial charge in [-0.25, -0.2) is 0 Å². The van der Waals surface area contributed by atoms with Crippen molar-refractivity contribution in [3.05, 3.63) is 29.8 Å². The van der Waals surface area contributed by atoms with Crippen LogP contribution in [0.2, 0.25) is 0 Å². The van der Waals surface area contributed by atoms with Crippen molar-refractivity contribution in [3.8, 4) is 5.75 Å². The number of hydrogen-bond acceptors (Lipinski definition) is 3. The van der Waals surface area contributed by atoms with E-state index in [-0.39, 0.29) is 5.91 Å². The predicted octanol–water partition coefficient (Wildman–Crippen LogP) is 2.10. The van der Waals surface area contributed by atoms with E-state index in [1.165, 1.54) is 6.42 Å². The molecule has 5 heteroatoms. The first-order valence-corrected chi connectivity index (χ1v) is 7.34. The van der Waals surface area contributed by atoms with Gasteiger partial charge in [0.15, 0.2) is 6.10 Å². The molecule has 1 aliphatic rings. The maximum absolute atomic E-state index is 12.2. The molecule has 2 rings (SSSR count). The molecule has 1 heterocycles. The molecule has 20 heavy (non-hydrogen) atoms. The maximum atomic E-state index is 12.2. The highest BCUT2D eigenvalue weighted by atomic mass is 32.1. The van der Waals surface area contributed by atoms with E-state index in [0.29, 0.717) is 10.7 Å². The van der Waals surface area contributed by atoms with Crippen LogP contribution in [0.3, 0.4) is 0 Å². The van der Waals surface area contributed by atoms with Gasteiger partial charge < -0.3 is 15.4 Å². The van der Waals surface area contributed by atoms with Crippen LogP contribution in [0, 0.1) is 0 Å². The molecule has 4 nitrogen and oxygen atoms in total. The summed E-state index contributed by atoms with van der Waals surface area (Å²) in [7, 11) is 0. The van der Waals surface area contributed by atoms with Crippen molar-refractivity contribution in [2.24, 2.45) is 5.73 Å². The fraction of sp³-hybridized carbons (Fsp3) is 0.467. The summed E-state index contributed by atoms with van der Waals surface area (Å²) in [5, 5.41) is 0. The Balaban J connectivity index is 1.94. The Bertz CT molecular complexity index is 481. The Hall–Kier alpha value is -1.62. The van der Waals surface area contributed by atoms with Crippen LogP contribution in [0.5, 0.6) is 5.75 Å². The summed E-state index contributed by atoms with van der Waals surface area (Å²) in [5.74, 6) is 0.714. The highest BCUT2D eigenvalue weighted by Crippen LogP contribution is 2.16. The number of likely N-dealkylation sites (tertiary alicyclic amines) is 1. The van der Waals surface area contributed by atoms with Crippen molar-refractivity contribution in [2.45, 2.75) is 32.3 Å². The lowest BCUT2D eigenvalue weighted by Gasteiger charge is -2.29. The zero-order valence-corrected chi connectivity index (χ0v) is 12.5. The molecule has 1 unspecified atom stereocenters. The summed E-state index contributed by atoms with van der Waals surface area (Å²) in [6, 6.07) is 7.18. The number of piperidine rings is 1. The van der Waals surface area contributed by atoms with E-state index in [2.05, 4.69) is 0 Å². The van der Waals surface area contributed by atoms with Crippen molar-refractivity contribution in [1.29, 1.82) is 0 Å². The van der Waals surface area contributed by atoms with Crippen LogP contribution < -0.4 is 10.5 Å². The fourth-order valence-electron chi connectivity index (χ4n) is 2.32. The number of benzene rings is 1. The van der Waals surface area contributed by atoms with Gasteiger partial charge in [-0.15, -0.1) is 0 Å². The van der Waals surface area contributed by atoms with Gasteiger partial charge in [-0.2, -0.15) is 0 Å². The molecule has 0 radical (unpaired) electrons.